The first kappa shape index (κ1) is 13.6. The zero-order valence-corrected chi connectivity index (χ0v) is 11.2. The van der Waals surface area contributed by atoms with Crippen molar-refractivity contribution in [3.63, 3.8) is 0 Å². The van der Waals surface area contributed by atoms with Gasteiger partial charge in [-0.3, -0.25) is 0 Å². The Morgan fingerprint density at radius 1 is 1.05 bits per heavy atom. The van der Waals surface area contributed by atoms with Crippen LogP contribution in [0.5, 0.6) is 11.5 Å². The number of aryl methyl sites for hydroxylation is 2. The van der Waals surface area contributed by atoms with Crippen LogP contribution >= 0.6 is 11.6 Å². The third-order valence-corrected chi connectivity index (χ3v) is 3.29. The maximum atomic E-state index is 13.3. The molecule has 0 amide bonds. The number of rotatable bonds is 2. The van der Waals surface area contributed by atoms with Gasteiger partial charge in [-0.25, -0.2) is 8.78 Å². The maximum Gasteiger partial charge on any atom is 0.156 e. The summed E-state index contributed by atoms with van der Waals surface area (Å²) in [5, 5.41) is 0.630. The molecule has 100 valence electrons. The lowest BCUT2D eigenvalue weighted by Crippen LogP contribution is -1.97. The van der Waals surface area contributed by atoms with Crippen molar-refractivity contribution in [2.24, 2.45) is 0 Å². The van der Waals surface area contributed by atoms with E-state index in [4.69, 9.17) is 22.1 Å². The highest BCUT2D eigenvalue weighted by Crippen LogP contribution is 2.33. The molecular weight excluding hydrogens is 272 g/mol. The summed E-state index contributed by atoms with van der Waals surface area (Å²) in [5.41, 5.74) is 6.91. The minimum atomic E-state index is -0.850. The van der Waals surface area contributed by atoms with Crippen molar-refractivity contribution in [2.75, 3.05) is 5.73 Å². The minimum Gasteiger partial charge on any atom is -0.455 e. The Balaban J connectivity index is 2.42. The average Bonchev–Trinajstić information content (AvgIpc) is 2.32. The summed E-state index contributed by atoms with van der Waals surface area (Å²) in [6.45, 7) is 3.63. The second kappa shape index (κ2) is 5.05. The molecule has 2 aromatic rings. The van der Waals surface area contributed by atoms with E-state index in [1.165, 1.54) is 0 Å². The number of hydrogen-bond acceptors (Lipinski definition) is 2. The van der Waals surface area contributed by atoms with Crippen molar-refractivity contribution < 1.29 is 13.5 Å². The van der Waals surface area contributed by atoms with E-state index in [1.54, 1.807) is 12.1 Å². The zero-order valence-electron chi connectivity index (χ0n) is 10.4. The summed E-state index contributed by atoms with van der Waals surface area (Å²) in [4.78, 5) is 0. The van der Waals surface area contributed by atoms with E-state index in [-0.39, 0.29) is 11.4 Å². The highest BCUT2D eigenvalue weighted by atomic mass is 35.5. The van der Waals surface area contributed by atoms with E-state index in [2.05, 4.69) is 0 Å². The van der Waals surface area contributed by atoms with Gasteiger partial charge in [0, 0.05) is 17.2 Å². The predicted octanol–water partition coefficient (Wildman–Crippen LogP) is 4.61. The number of nitrogens with two attached hydrogens (primary N) is 1. The lowest BCUT2D eigenvalue weighted by molar-refractivity contribution is 0.471. The van der Waals surface area contributed by atoms with Gasteiger partial charge in [-0.1, -0.05) is 11.6 Å². The van der Waals surface area contributed by atoms with Crippen molar-refractivity contribution in [3.8, 4) is 11.5 Å². The first-order chi connectivity index (χ1) is 8.88. The molecular formula is C14H12ClF2NO. The Morgan fingerprint density at radius 2 is 1.63 bits per heavy atom. The number of nitrogen functional groups attached to an aromatic ring is 1. The second-order valence-corrected chi connectivity index (χ2v) is 4.65. The Bertz CT molecular complexity index is 621. The molecule has 0 aliphatic carbocycles. The van der Waals surface area contributed by atoms with Crippen LogP contribution in [0.1, 0.15) is 11.1 Å². The van der Waals surface area contributed by atoms with Gasteiger partial charge >= 0.3 is 0 Å². The van der Waals surface area contributed by atoms with Crippen molar-refractivity contribution in [1.82, 2.24) is 0 Å². The van der Waals surface area contributed by atoms with Crippen LogP contribution in [-0.2, 0) is 0 Å². The molecule has 0 saturated carbocycles. The highest BCUT2D eigenvalue weighted by Gasteiger charge is 2.11. The number of anilines is 1. The first-order valence-corrected chi connectivity index (χ1v) is 5.95. The van der Waals surface area contributed by atoms with E-state index >= 15 is 0 Å². The van der Waals surface area contributed by atoms with Gasteiger partial charge in [-0.05, 0) is 37.1 Å². The number of halogens is 3. The highest BCUT2D eigenvalue weighted by molar-refractivity contribution is 6.32. The molecule has 0 radical (unpaired) electrons. The van der Waals surface area contributed by atoms with Crippen LogP contribution in [0.4, 0.5) is 14.5 Å². The summed E-state index contributed by atoms with van der Waals surface area (Å²) in [5.74, 6) is -1.23. The Morgan fingerprint density at radius 3 is 2.21 bits per heavy atom. The summed E-state index contributed by atoms with van der Waals surface area (Å²) < 4.78 is 31.9. The van der Waals surface area contributed by atoms with Gasteiger partial charge in [-0.15, -0.1) is 0 Å². The molecule has 2 rings (SSSR count). The molecule has 0 aliphatic rings. The Hall–Kier alpha value is -1.81. The lowest BCUT2D eigenvalue weighted by Gasteiger charge is -2.12. The van der Waals surface area contributed by atoms with Crippen LogP contribution < -0.4 is 10.5 Å². The minimum absolute atomic E-state index is 0.0568. The predicted molar refractivity (Wildman–Crippen MR) is 71.8 cm³/mol. The SMILES string of the molecule is Cc1cc(Oc2cc(F)cc(F)c2N)cc(C)c1Cl. The molecule has 0 atom stereocenters. The first-order valence-electron chi connectivity index (χ1n) is 5.57. The summed E-state index contributed by atoms with van der Waals surface area (Å²) in [7, 11) is 0. The van der Waals surface area contributed by atoms with Gasteiger partial charge in [-0.2, -0.15) is 0 Å². The van der Waals surface area contributed by atoms with Crippen LogP contribution in [0, 0.1) is 25.5 Å². The van der Waals surface area contributed by atoms with Gasteiger partial charge < -0.3 is 10.5 Å². The molecule has 0 aliphatic heterocycles. The van der Waals surface area contributed by atoms with Gasteiger partial charge in [0.1, 0.15) is 17.3 Å². The van der Waals surface area contributed by atoms with E-state index in [0.29, 0.717) is 16.8 Å². The van der Waals surface area contributed by atoms with Crippen molar-refractivity contribution in [1.29, 1.82) is 0 Å². The number of hydrogen-bond donors (Lipinski definition) is 1. The van der Waals surface area contributed by atoms with Crippen LogP contribution in [0.3, 0.4) is 0 Å². The third kappa shape index (κ3) is 2.79. The molecule has 19 heavy (non-hydrogen) atoms. The molecule has 2 N–H and O–H groups in total. The molecule has 0 bridgehead atoms. The fourth-order valence-corrected chi connectivity index (χ4v) is 1.85. The lowest BCUT2D eigenvalue weighted by atomic mass is 10.1. The van der Waals surface area contributed by atoms with Gasteiger partial charge in [0.2, 0.25) is 0 Å². The van der Waals surface area contributed by atoms with Crippen molar-refractivity contribution in [3.05, 3.63) is 52.0 Å². The molecule has 2 aromatic carbocycles. The molecule has 0 unspecified atom stereocenters. The molecule has 2 nitrogen and oxygen atoms in total. The average molecular weight is 284 g/mol. The maximum absolute atomic E-state index is 13.3. The Labute approximate surface area is 114 Å². The molecule has 0 fully saturated rings. The standard InChI is InChI=1S/C14H12ClF2NO/c1-7-3-10(4-8(2)13(7)15)19-12-6-9(16)5-11(17)14(12)18/h3-6H,18H2,1-2H3. The van der Waals surface area contributed by atoms with Crippen LogP contribution in [0.2, 0.25) is 5.02 Å². The third-order valence-electron chi connectivity index (χ3n) is 2.69. The van der Waals surface area contributed by atoms with Crippen LogP contribution in [0.25, 0.3) is 0 Å². The zero-order chi connectivity index (χ0) is 14.2. The van der Waals surface area contributed by atoms with E-state index in [1.807, 2.05) is 13.8 Å². The van der Waals surface area contributed by atoms with E-state index in [0.717, 1.165) is 17.2 Å². The fraction of sp³-hybridized carbons (Fsp3) is 0.143. The normalized spacial score (nSPS) is 10.6. The fourth-order valence-electron chi connectivity index (χ4n) is 1.74. The summed E-state index contributed by atoms with van der Waals surface area (Å²) in [6.07, 6.45) is 0. The topological polar surface area (TPSA) is 35.2 Å². The van der Waals surface area contributed by atoms with Crippen LogP contribution in [0.15, 0.2) is 24.3 Å². The van der Waals surface area contributed by atoms with Crippen molar-refractivity contribution >= 4 is 17.3 Å². The molecule has 5 heteroatoms. The van der Waals surface area contributed by atoms with Crippen LogP contribution in [-0.4, -0.2) is 0 Å². The Kier molecular flexibility index (Phi) is 3.62. The van der Waals surface area contributed by atoms with E-state index in [9.17, 15) is 8.78 Å². The van der Waals surface area contributed by atoms with Gasteiger partial charge in [0.25, 0.3) is 0 Å². The molecule has 0 heterocycles. The summed E-state index contributed by atoms with van der Waals surface area (Å²) >= 11 is 6.03. The molecule has 0 aromatic heterocycles. The van der Waals surface area contributed by atoms with E-state index < -0.39 is 11.6 Å². The smallest absolute Gasteiger partial charge is 0.156 e. The van der Waals surface area contributed by atoms with Gasteiger partial charge in [0.15, 0.2) is 11.6 Å². The molecule has 0 spiro atoms. The van der Waals surface area contributed by atoms with Gasteiger partial charge in [0.05, 0.1) is 0 Å². The monoisotopic (exact) mass is 283 g/mol. The largest absolute Gasteiger partial charge is 0.455 e. The number of benzene rings is 2. The molecule has 0 saturated heterocycles. The second-order valence-electron chi connectivity index (χ2n) is 4.27. The van der Waals surface area contributed by atoms with Crippen molar-refractivity contribution in [2.45, 2.75) is 13.8 Å². The summed E-state index contributed by atoms with van der Waals surface area (Å²) in [6, 6.07) is 5.10. The quantitative estimate of drug-likeness (QED) is 0.817. The number of ether oxygens (including phenoxy) is 1.